The largest absolute Gasteiger partial charge is 0.507 e. The summed E-state index contributed by atoms with van der Waals surface area (Å²) >= 11 is 3.96. The van der Waals surface area contributed by atoms with Gasteiger partial charge >= 0.3 is 6.18 Å². The SMILES string of the molecule is CSc1nc(-c2cc(Br)cc(C(F)(F)F)c2O)c(C#N)c(=O)[nH]1. The zero-order valence-electron chi connectivity index (χ0n) is 11.3. The summed E-state index contributed by atoms with van der Waals surface area (Å²) in [6, 6.07) is 3.46. The molecule has 10 heteroatoms. The molecule has 0 amide bonds. The minimum atomic E-state index is -4.81. The fourth-order valence-electron chi connectivity index (χ4n) is 1.84. The van der Waals surface area contributed by atoms with Crippen LogP contribution in [0.4, 0.5) is 13.2 Å². The molecule has 0 atom stereocenters. The summed E-state index contributed by atoms with van der Waals surface area (Å²) < 4.78 is 39.0. The van der Waals surface area contributed by atoms with Gasteiger partial charge in [-0.15, -0.1) is 0 Å². The van der Waals surface area contributed by atoms with E-state index < -0.39 is 28.6 Å². The van der Waals surface area contributed by atoms with Crippen molar-refractivity contribution in [1.82, 2.24) is 9.97 Å². The van der Waals surface area contributed by atoms with E-state index in [2.05, 4.69) is 25.9 Å². The third-order valence-corrected chi connectivity index (χ3v) is 3.88. The molecule has 2 N–H and O–H groups in total. The summed E-state index contributed by atoms with van der Waals surface area (Å²) in [6.45, 7) is 0. The maximum atomic E-state index is 13.0. The first kappa shape index (κ1) is 17.4. The van der Waals surface area contributed by atoms with Crippen molar-refractivity contribution in [3.63, 3.8) is 0 Å². The number of nitrogens with one attached hydrogen (secondary N) is 1. The van der Waals surface area contributed by atoms with E-state index in [9.17, 15) is 23.1 Å². The number of phenolic OH excluding ortho intramolecular Hbond substituents is 1. The van der Waals surface area contributed by atoms with Crippen molar-refractivity contribution in [2.45, 2.75) is 11.3 Å². The fourth-order valence-corrected chi connectivity index (χ4v) is 2.68. The number of hydrogen-bond acceptors (Lipinski definition) is 5. The summed E-state index contributed by atoms with van der Waals surface area (Å²) in [4.78, 5) is 18.1. The molecular weight excluding hydrogens is 399 g/mol. The quantitative estimate of drug-likeness (QED) is 0.589. The third kappa shape index (κ3) is 3.35. The van der Waals surface area contributed by atoms with Crippen molar-refractivity contribution in [2.75, 3.05) is 6.26 Å². The minimum Gasteiger partial charge on any atom is -0.507 e. The van der Waals surface area contributed by atoms with Gasteiger partial charge in [0.05, 0.1) is 5.56 Å². The van der Waals surface area contributed by atoms with Crippen LogP contribution >= 0.6 is 27.7 Å². The average Bonchev–Trinajstić information content (AvgIpc) is 2.47. The molecule has 0 spiro atoms. The highest BCUT2D eigenvalue weighted by atomic mass is 79.9. The number of H-pyrrole nitrogens is 1. The van der Waals surface area contributed by atoms with Gasteiger partial charge in [0.1, 0.15) is 23.1 Å². The van der Waals surface area contributed by atoms with Gasteiger partial charge in [-0.25, -0.2) is 4.98 Å². The van der Waals surface area contributed by atoms with E-state index in [-0.39, 0.29) is 20.9 Å². The van der Waals surface area contributed by atoms with E-state index in [0.29, 0.717) is 6.07 Å². The highest BCUT2D eigenvalue weighted by Crippen LogP contribution is 2.43. The first-order valence-corrected chi connectivity index (χ1v) is 7.89. The predicted molar refractivity (Wildman–Crippen MR) is 81.2 cm³/mol. The van der Waals surface area contributed by atoms with Gasteiger partial charge in [-0.2, -0.15) is 18.4 Å². The second kappa shape index (κ2) is 6.25. The molecule has 0 aliphatic heterocycles. The van der Waals surface area contributed by atoms with Gasteiger partial charge in [-0.1, -0.05) is 27.7 Å². The Bertz CT molecular complexity index is 874. The number of thioether (sulfide) groups is 1. The van der Waals surface area contributed by atoms with Crippen LogP contribution in [0.2, 0.25) is 0 Å². The Kier molecular flexibility index (Phi) is 4.72. The number of phenols is 1. The number of alkyl halides is 3. The second-order valence-corrected chi connectivity index (χ2v) is 5.97. The molecule has 1 heterocycles. The molecule has 5 nitrogen and oxygen atoms in total. The maximum absolute atomic E-state index is 13.0. The summed E-state index contributed by atoms with van der Waals surface area (Å²) in [7, 11) is 0. The van der Waals surface area contributed by atoms with Crippen molar-refractivity contribution in [2.24, 2.45) is 0 Å². The summed E-state index contributed by atoms with van der Waals surface area (Å²) in [5.74, 6) is -1.10. The molecule has 1 aromatic heterocycles. The first-order chi connectivity index (χ1) is 10.7. The Morgan fingerprint density at radius 3 is 2.61 bits per heavy atom. The van der Waals surface area contributed by atoms with Crippen molar-refractivity contribution in [3.8, 4) is 23.1 Å². The number of rotatable bonds is 2. The topological polar surface area (TPSA) is 89.8 Å². The van der Waals surface area contributed by atoms with Gasteiger partial charge in [0.2, 0.25) is 0 Å². The Morgan fingerprint density at radius 2 is 2.09 bits per heavy atom. The van der Waals surface area contributed by atoms with Crippen molar-refractivity contribution in [3.05, 3.63) is 38.1 Å². The van der Waals surface area contributed by atoms with Crippen LogP contribution in [0.5, 0.6) is 5.75 Å². The molecule has 2 rings (SSSR count). The molecule has 0 fully saturated rings. The molecule has 0 aliphatic carbocycles. The zero-order valence-corrected chi connectivity index (χ0v) is 13.7. The maximum Gasteiger partial charge on any atom is 0.420 e. The molecule has 1 aromatic carbocycles. The van der Waals surface area contributed by atoms with Crippen molar-refractivity contribution < 1.29 is 18.3 Å². The van der Waals surface area contributed by atoms with Crippen LogP contribution in [-0.4, -0.2) is 21.3 Å². The van der Waals surface area contributed by atoms with Crippen LogP contribution in [-0.2, 0) is 6.18 Å². The average molecular weight is 406 g/mol. The molecule has 120 valence electrons. The molecule has 0 unspecified atom stereocenters. The normalized spacial score (nSPS) is 11.3. The second-order valence-electron chi connectivity index (χ2n) is 4.26. The molecule has 0 aliphatic rings. The smallest absolute Gasteiger partial charge is 0.420 e. The molecule has 2 aromatic rings. The van der Waals surface area contributed by atoms with E-state index in [1.165, 1.54) is 0 Å². The number of halogens is 4. The molecule has 0 radical (unpaired) electrons. The number of nitrogens with zero attached hydrogens (tertiary/aromatic N) is 2. The van der Waals surface area contributed by atoms with E-state index in [0.717, 1.165) is 17.8 Å². The zero-order chi connectivity index (χ0) is 17.4. The number of aromatic nitrogens is 2. The lowest BCUT2D eigenvalue weighted by molar-refractivity contribution is -0.138. The van der Waals surface area contributed by atoms with Gasteiger partial charge in [0.15, 0.2) is 5.16 Å². The van der Waals surface area contributed by atoms with E-state index in [4.69, 9.17) is 5.26 Å². The fraction of sp³-hybridized carbons (Fsp3) is 0.154. The van der Waals surface area contributed by atoms with E-state index >= 15 is 0 Å². The Balaban J connectivity index is 2.88. The van der Waals surface area contributed by atoms with Crippen LogP contribution in [0.15, 0.2) is 26.6 Å². The predicted octanol–water partition coefficient (Wildman–Crippen LogP) is 3.52. The summed E-state index contributed by atoms with van der Waals surface area (Å²) in [5, 5.41) is 19.2. The summed E-state index contributed by atoms with van der Waals surface area (Å²) in [6.07, 6.45) is -3.21. The van der Waals surface area contributed by atoms with Crippen LogP contribution in [0.25, 0.3) is 11.3 Å². The lowest BCUT2D eigenvalue weighted by Crippen LogP contribution is -2.15. The lowest BCUT2D eigenvalue weighted by Gasteiger charge is -2.14. The standard InChI is InChI=1S/C13H7BrF3N3O2S/c1-23-12-19-9(7(4-18)11(22)20-12)6-2-5(14)3-8(10(6)21)13(15,16)17/h2-3,21H,1H3,(H,19,20,22). The lowest BCUT2D eigenvalue weighted by atomic mass is 10.0. The van der Waals surface area contributed by atoms with Gasteiger partial charge in [-0.3, -0.25) is 4.79 Å². The van der Waals surface area contributed by atoms with Gasteiger partial charge < -0.3 is 10.1 Å². The number of aromatic hydroxyl groups is 1. The number of aromatic amines is 1. The number of hydrogen-bond donors (Lipinski definition) is 2. The molecule has 23 heavy (non-hydrogen) atoms. The molecule has 0 saturated heterocycles. The third-order valence-electron chi connectivity index (χ3n) is 2.84. The van der Waals surface area contributed by atoms with Crippen molar-refractivity contribution in [1.29, 1.82) is 5.26 Å². The van der Waals surface area contributed by atoms with Crippen LogP contribution in [0.1, 0.15) is 11.1 Å². The summed E-state index contributed by atoms with van der Waals surface area (Å²) in [5.41, 5.74) is -3.24. The molecule has 0 saturated carbocycles. The van der Waals surface area contributed by atoms with Gasteiger partial charge in [-0.05, 0) is 18.4 Å². The highest BCUT2D eigenvalue weighted by molar-refractivity contribution is 9.10. The number of nitriles is 1. The van der Waals surface area contributed by atoms with Crippen LogP contribution < -0.4 is 5.56 Å². The molecule has 0 bridgehead atoms. The van der Waals surface area contributed by atoms with Crippen LogP contribution in [0.3, 0.4) is 0 Å². The Morgan fingerprint density at radius 1 is 1.43 bits per heavy atom. The Labute approximate surface area is 140 Å². The monoisotopic (exact) mass is 405 g/mol. The highest BCUT2D eigenvalue weighted by Gasteiger charge is 2.36. The number of benzene rings is 1. The minimum absolute atomic E-state index is 0.0225. The van der Waals surface area contributed by atoms with E-state index in [1.54, 1.807) is 12.3 Å². The van der Waals surface area contributed by atoms with Gasteiger partial charge in [0.25, 0.3) is 5.56 Å². The van der Waals surface area contributed by atoms with Crippen molar-refractivity contribution >= 4 is 27.7 Å². The van der Waals surface area contributed by atoms with Crippen LogP contribution in [0, 0.1) is 11.3 Å². The van der Waals surface area contributed by atoms with Gasteiger partial charge in [0, 0.05) is 10.0 Å². The first-order valence-electron chi connectivity index (χ1n) is 5.87. The Hall–Kier alpha value is -1.99. The van der Waals surface area contributed by atoms with E-state index in [1.807, 2.05) is 0 Å². The molecular formula is C13H7BrF3N3O2S.